The van der Waals surface area contributed by atoms with Gasteiger partial charge in [0.15, 0.2) is 23.0 Å². The van der Waals surface area contributed by atoms with Crippen molar-refractivity contribution >= 4 is 0 Å². The van der Waals surface area contributed by atoms with Crippen LogP contribution in [0.25, 0.3) is 0 Å². The van der Waals surface area contributed by atoms with Crippen molar-refractivity contribution < 1.29 is 29.5 Å². The van der Waals surface area contributed by atoms with Crippen LogP contribution in [0.3, 0.4) is 0 Å². The molecule has 2 aromatic carbocycles. The largest absolute Gasteiger partial charge is 0.504 e. The molecule has 6 heteroatoms. The number of aliphatic hydroxyl groups excluding tert-OH is 2. The maximum Gasteiger partial charge on any atom is 0.165 e. The van der Waals surface area contributed by atoms with Gasteiger partial charge in [-0.3, -0.25) is 0 Å². The highest BCUT2D eigenvalue weighted by Gasteiger charge is 2.37. The van der Waals surface area contributed by atoms with Crippen molar-refractivity contribution in [2.45, 2.75) is 24.9 Å². The molecule has 2 aromatic rings. The van der Waals surface area contributed by atoms with E-state index in [-0.39, 0.29) is 24.9 Å². The van der Waals surface area contributed by atoms with Gasteiger partial charge in [-0.25, -0.2) is 0 Å². The minimum Gasteiger partial charge on any atom is -0.504 e. The summed E-state index contributed by atoms with van der Waals surface area (Å²) in [5.41, 5.74) is 2.71. The molecule has 0 aliphatic carbocycles. The molecule has 0 spiro atoms. The zero-order valence-electron chi connectivity index (χ0n) is 14.9. The molecule has 0 radical (unpaired) electrons. The maximum absolute atomic E-state index is 10.0. The summed E-state index contributed by atoms with van der Waals surface area (Å²) >= 11 is 0. The number of phenolic OH excluding ortho intramolecular Hbond substituents is 1. The Kier molecular flexibility index (Phi) is 5.54. The normalized spacial score (nSPS) is 18.3. The minimum absolute atomic E-state index is 0.0520. The zero-order chi connectivity index (χ0) is 18.7. The molecule has 26 heavy (non-hydrogen) atoms. The van der Waals surface area contributed by atoms with Crippen LogP contribution in [0, 0.1) is 0 Å². The summed E-state index contributed by atoms with van der Waals surface area (Å²) in [5.74, 6) is 1.38. The van der Waals surface area contributed by atoms with Gasteiger partial charge >= 0.3 is 0 Å². The Morgan fingerprint density at radius 2 is 1.81 bits per heavy atom. The standard InChI is InChI=1S/C20H24O6/c1-24-17-10-13(5-6-16(17)23)19-15(11-22)14-8-12(4-3-7-21)9-18(25-2)20(14)26-19/h5-6,8-10,15,19,21-23H,3-4,7,11H2,1-2H3/t15-,19-/m1/s1. The van der Waals surface area contributed by atoms with E-state index in [9.17, 15) is 10.2 Å². The summed E-state index contributed by atoms with van der Waals surface area (Å²) in [5, 5.41) is 28.9. The maximum atomic E-state index is 10.0. The number of benzene rings is 2. The molecule has 1 aliphatic heterocycles. The molecule has 1 aliphatic rings. The summed E-state index contributed by atoms with van der Waals surface area (Å²) in [4.78, 5) is 0. The molecular formula is C20H24O6. The number of ether oxygens (including phenoxy) is 3. The van der Waals surface area contributed by atoms with E-state index in [2.05, 4.69) is 0 Å². The van der Waals surface area contributed by atoms with Crippen molar-refractivity contribution in [3.8, 4) is 23.0 Å². The van der Waals surface area contributed by atoms with E-state index < -0.39 is 6.10 Å². The van der Waals surface area contributed by atoms with Crippen molar-refractivity contribution in [2.75, 3.05) is 27.4 Å². The summed E-state index contributed by atoms with van der Waals surface area (Å²) in [6.45, 7) is 0.0305. The van der Waals surface area contributed by atoms with Gasteiger partial charge in [0.1, 0.15) is 6.10 Å². The Bertz CT molecular complexity index is 773. The second-order valence-corrected chi connectivity index (χ2v) is 6.30. The number of aliphatic hydroxyl groups is 2. The zero-order valence-corrected chi connectivity index (χ0v) is 14.9. The lowest BCUT2D eigenvalue weighted by molar-refractivity contribution is 0.157. The molecule has 1 heterocycles. The molecule has 0 aromatic heterocycles. The highest BCUT2D eigenvalue weighted by Crippen LogP contribution is 2.51. The summed E-state index contributed by atoms with van der Waals surface area (Å²) < 4.78 is 16.8. The molecule has 3 rings (SSSR count). The third-order valence-electron chi connectivity index (χ3n) is 4.73. The number of methoxy groups -OCH3 is 2. The highest BCUT2D eigenvalue weighted by molar-refractivity contribution is 5.55. The van der Waals surface area contributed by atoms with Crippen LogP contribution in [0.4, 0.5) is 0 Å². The molecule has 3 N–H and O–H groups in total. The van der Waals surface area contributed by atoms with E-state index in [1.807, 2.05) is 12.1 Å². The van der Waals surface area contributed by atoms with Gasteiger partial charge in [-0.2, -0.15) is 0 Å². The van der Waals surface area contributed by atoms with E-state index in [1.54, 1.807) is 25.3 Å². The van der Waals surface area contributed by atoms with Gasteiger partial charge in [0.05, 0.1) is 26.7 Å². The molecule has 0 bridgehead atoms. The topological polar surface area (TPSA) is 88.4 Å². The average Bonchev–Trinajstić information content (AvgIpc) is 3.04. The van der Waals surface area contributed by atoms with Gasteiger partial charge in [0.2, 0.25) is 0 Å². The summed E-state index contributed by atoms with van der Waals surface area (Å²) in [6, 6.07) is 8.94. The fourth-order valence-corrected chi connectivity index (χ4v) is 3.40. The third kappa shape index (κ3) is 3.30. The van der Waals surface area contributed by atoms with Crippen LogP contribution in [0.15, 0.2) is 30.3 Å². The number of aryl methyl sites for hydroxylation is 1. The lowest BCUT2D eigenvalue weighted by Crippen LogP contribution is -2.13. The SMILES string of the molecule is COc1cc([C@H]2Oc3c(OC)cc(CCCO)cc3[C@H]2CO)ccc1O. The first-order valence-electron chi connectivity index (χ1n) is 8.59. The first-order chi connectivity index (χ1) is 12.6. The van der Waals surface area contributed by atoms with Crippen LogP contribution in [0.2, 0.25) is 0 Å². The summed E-state index contributed by atoms with van der Waals surface area (Å²) in [6.07, 6.45) is 0.966. The smallest absolute Gasteiger partial charge is 0.165 e. The van der Waals surface area contributed by atoms with Gasteiger partial charge in [-0.1, -0.05) is 12.1 Å². The Morgan fingerprint density at radius 3 is 2.46 bits per heavy atom. The fraction of sp³-hybridized carbons (Fsp3) is 0.400. The Morgan fingerprint density at radius 1 is 1.04 bits per heavy atom. The van der Waals surface area contributed by atoms with Gasteiger partial charge in [0.25, 0.3) is 0 Å². The monoisotopic (exact) mass is 360 g/mol. The van der Waals surface area contributed by atoms with Crippen LogP contribution in [0.1, 0.15) is 35.1 Å². The van der Waals surface area contributed by atoms with Crippen molar-refractivity contribution in [1.29, 1.82) is 0 Å². The fourth-order valence-electron chi connectivity index (χ4n) is 3.40. The van der Waals surface area contributed by atoms with E-state index in [0.29, 0.717) is 23.7 Å². The lowest BCUT2D eigenvalue weighted by atomic mass is 9.90. The molecule has 140 valence electrons. The number of hydrogen-bond acceptors (Lipinski definition) is 6. The van der Waals surface area contributed by atoms with Crippen LogP contribution < -0.4 is 14.2 Å². The van der Waals surface area contributed by atoms with Gasteiger partial charge < -0.3 is 29.5 Å². The number of phenols is 1. The van der Waals surface area contributed by atoms with Gasteiger partial charge in [-0.05, 0) is 42.2 Å². The first kappa shape index (κ1) is 18.4. The highest BCUT2D eigenvalue weighted by atomic mass is 16.5. The molecule has 0 saturated carbocycles. The Balaban J connectivity index is 2.00. The lowest BCUT2D eigenvalue weighted by Gasteiger charge is -2.18. The van der Waals surface area contributed by atoms with E-state index in [4.69, 9.17) is 19.3 Å². The minimum atomic E-state index is -0.411. The van der Waals surface area contributed by atoms with Crippen molar-refractivity contribution in [3.63, 3.8) is 0 Å². The van der Waals surface area contributed by atoms with Crippen LogP contribution >= 0.6 is 0 Å². The number of rotatable bonds is 7. The van der Waals surface area contributed by atoms with Gasteiger partial charge in [0, 0.05) is 12.2 Å². The van der Waals surface area contributed by atoms with Gasteiger partial charge in [-0.15, -0.1) is 0 Å². The molecule has 2 atom stereocenters. The second kappa shape index (κ2) is 7.85. The van der Waals surface area contributed by atoms with Crippen molar-refractivity contribution in [2.24, 2.45) is 0 Å². The quantitative estimate of drug-likeness (QED) is 0.703. The third-order valence-corrected chi connectivity index (χ3v) is 4.73. The Hall–Kier alpha value is -2.44. The van der Waals surface area contributed by atoms with Crippen molar-refractivity contribution in [1.82, 2.24) is 0 Å². The van der Waals surface area contributed by atoms with Crippen molar-refractivity contribution in [3.05, 3.63) is 47.0 Å². The predicted octanol–water partition coefficient (Wildman–Crippen LogP) is 2.54. The predicted molar refractivity (Wildman–Crippen MR) is 96.3 cm³/mol. The molecule has 6 nitrogen and oxygen atoms in total. The van der Waals surface area contributed by atoms with E-state index in [1.165, 1.54) is 7.11 Å². The summed E-state index contributed by atoms with van der Waals surface area (Å²) in [7, 11) is 3.07. The average molecular weight is 360 g/mol. The number of hydrogen-bond donors (Lipinski definition) is 3. The van der Waals surface area contributed by atoms with Crippen LogP contribution in [-0.2, 0) is 6.42 Å². The Labute approximate surface area is 152 Å². The first-order valence-corrected chi connectivity index (χ1v) is 8.59. The van der Waals surface area contributed by atoms with E-state index >= 15 is 0 Å². The molecule has 0 unspecified atom stereocenters. The number of aromatic hydroxyl groups is 1. The van der Waals surface area contributed by atoms with Crippen LogP contribution in [0.5, 0.6) is 23.0 Å². The number of fused-ring (bicyclic) bond motifs is 1. The second-order valence-electron chi connectivity index (χ2n) is 6.30. The van der Waals surface area contributed by atoms with Crippen LogP contribution in [-0.4, -0.2) is 42.8 Å². The molecular weight excluding hydrogens is 336 g/mol. The molecule has 0 fully saturated rings. The molecule has 0 saturated heterocycles. The molecule has 0 amide bonds. The van der Waals surface area contributed by atoms with E-state index in [0.717, 1.165) is 23.1 Å².